The fraction of sp³-hybridized carbons (Fsp3) is 0.333. The monoisotopic (exact) mass is 328 g/mol. The second kappa shape index (κ2) is 6.54. The van der Waals surface area contributed by atoms with Gasteiger partial charge in [0, 0.05) is 28.6 Å². The minimum Gasteiger partial charge on any atom is -0.355 e. The summed E-state index contributed by atoms with van der Waals surface area (Å²) in [6.07, 6.45) is 3.21. The maximum atomic E-state index is 12.5. The number of hydrogen-bond donors (Lipinski definition) is 2. The summed E-state index contributed by atoms with van der Waals surface area (Å²) in [5, 5.41) is 7.47. The van der Waals surface area contributed by atoms with Crippen molar-refractivity contribution in [2.45, 2.75) is 26.2 Å². The zero-order valence-corrected chi connectivity index (χ0v) is 14.1. The van der Waals surface area contributed by atoms with Crippen molar-refractivity contribution in [2.24, 2.45) is 5.92 Å². The highest BCUT2D eigenvalue weighted by molar-refractivity contribution is 7.10. The molecular formula is C18H20N2O2S. The largest absolute Gasteiger partial charge is 0.355 e. The number of anilines is 1. The molecule has 0 saturated carbocycles. The van der Waals surface area contributed by atoms with Crippen LogP contribution >= 0.6 is 11.3 Å². The lowest BCUT2D eigenvalue weighted by Crippen LogP contribution is -2.18. The van der Waals surface area contributed by atoms with Crippen LogP contribution in [0, 0.1) is 5.92 Å². The van der Waals surface area contributed by atoms with Gasteiger partial charge in [-0.15, -0.1) is 11.3 Å². The highest BCUT2D eigenvalue weighted by atomic mass is 32.1. The number of amides is 2. The highest BCUT2D eigenvalue weighted by Crippen LogP contribution is 2.33. The predicted octanol–water partition coefficient (Wildman–Crippen LogP) is 3.48. The summed E-state index contributed by atoms with van der Waals surface area (Å²) in [6.45, 7) is 2.26. The van der Waals surface area contributed by atoms with E-state index in [1.54, 1.807) is 42.6 Å². The topological polar surface area (TPSA) is 58.2 Å². The Morgan fingerprint density at radius 1 is 1.17 bits per heavy atom. The fourth-order valence-electron chi connectivity index (χ4n) is 2.92. The van der Waals surface area contributed by atoms with Crippen LogP contribution < -0.4 is 10.6 Å². The zero-order valence-electron chi connectivity index (χ0n) is 13.3. The number of carbonyl (C=O) groups excluding carboxylic acids is 2. The van der Waals surface area contributed by atoms with Crippen molar-refractivity contribution in [3.8, 4) is 0 Å². The van der Waals surface area contributed by atoms with Crippen molar-refractivity contribution >= 4 is 28.8 Å². The normalized spacial score (nSPS) is 16.5. The summed E-state index contributed by atoms with van der Waals surface area (Å²) in [7, 11) is 1.60. The van der Waals surface area contributed by atoms with E-state index >= 15 is 0 Å². The number of carbonyl (C=O) groups is 2. The summed E-state index contributed by atoms with van der Waals surface area (Å²) in [5.41, 5.74) is 3.29. The van der Waals surface area contributed by atoms with Crippen LogP contribution in [0.5, 0.6) is 0 Å². The quantitative estimate of drug-likeness (QED) is 0.906. The number of rotatable bonds is 3. The summed E-state index contributed by atoms with van der Waals surface area (Å²) in [4.78, 5) is 25.4. The third-order valence-corrected chi connectivity index (χ3v) is 5.33. The van der Waals surface area contributed by atoms with Crippen molar-refractivity contribution in [1.82, 2.24) is 5.32 Å². The molecule has 1 aliphatic carbocycles. The Labute approximate surface area is 139 Å². The highest BCUT2D eigenvalue weighted by Gasteiger charge is 2.23. The Morgan fingerprint density at radius 2 is 1.91 bits per heavy atom. The zero-order chi connectivity index (χ0) is 16.4. The lowest BCUT2D eigenvalue weighted by atomic mass is 9.88. The molecule has 1 aromatic carbocycles. The second-order valence-electron chi connectivity index (χ2n) is 6.01. The van der Waals surface area contributed by atoms with Gasteiger partial charge in [0.15, 0.2) is 0 Å². The fourth-order valence-corrected chi connectivity index (χ4v) is 4.16. The standard InChI is InChI=1S/C18H20N2O2S/c1-11-3-8-14-15(10-23-16(14)9-11)18(22)20-13-6-4-12(5-7-13)17(21)19-2/h4-7,10-11H,3,8-9H2,1-2H3,(H,19,21)(H,20,22). The number of fused-ring (bicyclic) bond motifs is 1. The lowest BCUT2D eigenvalue weighted by molar-refractivity contribution is 0.0962. The van der Waals surface area contributed by atoms with E-state index in [9.17, 15) is 9.59 Å². The van der Waals surface area contributed by atoms with Crippen LogP contribution in [-0.4, -0.2) is 18.9 Å². The summed E-state index contributed by atoms with van der Waals surface area (Å²) in [6, 6.07) is 6.92. The van der Waals surface area contributed by atoms with E-state index in [1.807, 2.05) is 5.38 Å². The molecule has 2 amide bonds. The Hall–Kier alpha value is -2.14. The van der Waals surface area contributed by atoms with E-state index in [0.717, 1.165) is 24.8 Å². The minimum absolute atomic E-state index is 0.0650. The first kappa shape index (κ1) is 15.7. The predicted molar refractivity (Wildman–Crippen MR) is 93.3 cm³/mol. The first-order chi connectivity index (χ1) is 11.1. The molecule has 1 heterocycles. The molecule has 1 aromatic heterocycles. The van der Waals surface area contributed by atoms with E-state index in [4.69, 9.17) is 0 Å². The van der Waals surface area contributed by atoms with Crippen LogP contribution in [0.4, 0.5) is 5.69 Å². The maximum absolute atomic E-state index is 12.5. The van der Waals surface area contributed by atoms with Crippen LogP contribution in [0.25, 0.3) is 0 Å². The Kier molecular flexibility index (Phi) is 4.48. The van der Waals surface area contributed by atoms with Gasteiger partial charge in [0.05, 0.1) is 5.56 Å². The Morgan fingerprint density at radius 3 is 2.61 bits per heavy atom. The van der Waals surface area contributed by atoms with E-state index in [0.29, 0.717) is 17.2 Å². The van der Waals surface area contributed by atoms with Gasteiger partial charge >= 0.3 is 0 Å². The molecule has 23 heavy (non-hydrogen) atoms. The molecule has 5 heteroatoms. The van der Waals surface area contributed by atoms with E-state index in [2.05, 4.69) is 17.6 Å². The van der Waals surface area contributed by atoms with Crippen LogP contribution in [0.1, 0.15) is 44.5 Å². The first-order valence-electron chi connectivity index (χ1n) is 7.81. The minimum atomic E-state index is -0.135. The average Bonchev–Trinajstić information content (AvgIpc) is 2.97. The van der Waals surface area contributed by atoms with Gasteiger partial charge in [0.2, 0.25) is 0 Å². The van der Waals surface area contributed by atoms with Crippen molar-refractivity contribution in [3.05, 3.63) is 51.2 Å². The summed E-state index contributed by atoms with van der Waals surface area (Å²) < 4.78 is 0. The molecule has 1 aliphatic rings. The average molecular weight is 328 g/mol. The van der Waals surface area contributed by atoms with Gasteiger partial charge in [-0.3, -0.25) is 9.59 Å². The second-order valence-corrected chi connectivity index (χ2v) is 6.97. The van der Waals surface area contributed by atoms with Gasteiger partial charge in [-0.2, -0.15) is 0 Å². The van der Waals surface area contributed by atoms with Gasteiger partial charge in [-0.25, -0.2) is 0 Å². The molecule has 4 nitrogen and oxygen atoms in total. The third-order valence-electron chi connectivity index (χ3n) is 4.28. The van der Waals surface area contributed by atoms with Crippen LogP contribution in [-0.2, 0) is 12.8 Å². The number of hydrogen-bond acceptors (Lipinski definition) is 3. The summed E-state index contributed by atoms with van der Waals surface area (Å²) in [5.74, 6) is 0.503. The first-order valence-corrected chi connectivity index (χ1v) is 8.69. The summed E-state index contributed by atoms with van der Waals surface area (Å²) >= 11 is 1.69. The molecule has 0 radical (unpaired) electrons. The molecule has 1 unspecified atom stereocenters. The van der Waals surface area contributed by atoms with Crippen molar-refractivity contribution in [1.29, 1.82) is 0 Å². The van der Waals surface area contributed by atoms with Gasteiger partial charge in [0.1, 0.15) is 0 Å². The van der Waals surface area contributed by atoms with Crippen molar-refractivity contribution in [3.63, 3.8) is 0 Å². The Balaban J connectivity index is 1.74. The molecular weight excluding hydrogens is 308 g/mol. The molecule has 1 atom stereocenters. The lowest BCUT2D eigenvalue weighted by Gasteiger charge is -2.18. The molecule has 0 aliphatic heterocycles. The Bertz CT molecular complexity index is 734. The van der Waals surface area contributed by atoms with Crippen molar-refractivity contribution < 1.29 is 9.59 Å². The molecule has 2 N–H and O–H groups in total. The van der Waals surface area contributed by atoms with E-state index < -0.39 is 0 Å². The van der Waals surface area contributed by atoms with Crippen LogP contribution in [0.3, 0.4) is 0 Å². The number of thiophene rings is 1. The molecule has 0 bridgehead atoms. The molecule has 120 valence electrons. The van der Waals surface area contributed by atoms with E-state index in [1.165, 1.54) is 10.4 Å². The van der Waals surface area contributed by atoms with Crippen molar-refractivity contribution in [2.75, 3.05) is 12.4 Å². The molecule has 0 fully saturated rings. The van der Waals surface area contributed by atoms with Gasteiger partial charge < -0.3 is 10.6 Å². The smallest absolute Gasteiger partial charge is 0.256 e. The molecule has 2 aromatic rings. The van der Waals surface area contributed by atoms with Crippen LogP contribution in [0.2, 0.25) is 0 Å². The van der Waals surface area contributed by atoms with E-state index in [-0.39, 0.29) is 11.8 Å². The molecule has 3 rings (SSSR count). The SMILES string of the molecule is CNC(=O)c1ccc(NC(=O)c2csc3c2CCC(C)C3)cc1. The number of nitrogens with one attached hydrogen (secondary N) is 2. The molecule has 0 spiro atoms. The number of benzene rings is 1. The molecule has 0 saturated heterocycles. The van der Waals surface area contributed by atoms with Gasteiger partial charge in [-0.05, 0) is 55.0 Å². The van der Waals surface area contributed by atoms with Gasteiger partial charge in [-0.1, -0.05) is 6.92 Å². The van der Waals surface area contributed by atoms with Crippen LogP contribution in [0.15, 0.2) is 29.6 Å². The van der Waals surface area contributed by atoms with Gasteiger partial charge in [0.25, 0.3) is 11.8 Å². The maximum Gasteiger partial charge on any atom is 0.256 e. The third kappa shape index (κ3) is 3.29.